The highest BCUT2D eigenvalue weighted by atomic mass is 19.4. The summed E-state index contributed by atoms with van der Waals surface area (Å²) in [5, 5.41) is 8.72. The van der Waals surface area contributed by atoms with E-state index in [0.29, 0.717) is 62.5 Å². The first kappa shape index (κ1) is 32.1. The third kappa shape index (κ3) is 10.5. The predicted octanol–water partition coefficient (Wildman–Crippen LogP) is 4.92. The topological polar surface area (TPSA) is 140 Å². The van der Waals surface area contributed by atoms with Gasteiger partial charge in [0.2, 0.25) is 11.9 Å². The Morgan fingerprint density at radius 1 is 0.955 bits per heavy atom. The fourth-order valence-electron chi connectivity index (χ4n) is 4.10. The number of fused-ring (bicyclic) bond motifs is 2. The van der Waals surface area contributed by atoms with Crippen molar-refractivity contribution in [3.8, 4) is 11.8 Å². The van der Waals surface area contributed by atoms with Gasteiger partial charge in [-0.25, -0.2) is 4.79 Å². The molecule has 12 nitrogen and oxygen atoms in total. The summed E-state index contributed by atoms with van der Waals surface area (Å²) < 4.78 is 54.1. The Labute approximate surface area is 252 Å². The first-order valence-electron chi connectivity index (χ1n) is 14.2. The molecule has 3 aliphatic rings. The number of benzene rings is 2. The van der Waals surface area contributed by atoms with Crippen molar-refractivity contribution in [2.24, 2.45) is 0 Å². The molecule has 6 bridgehead atoms. The number of nitrogens with zero attached hydrogens (tertiary/aromatic N) is 4. The van der Waals surface area contributed by atoms with E-state index in [1.54, 1.807) is 48.2 Å². The van der Waals surface area contributed by atoms with Crippen LogP contribution >= 0.6 is 0 Å². The SMILES string of the molecule is CCOC(=O)N1CCCCOc2ccc(cc2)CNc2nc(nc(OCC(F)(F)F)n2)Nc2ccc(cc2)C(=O)NCCC1. The summed E-state index contributed by atoms with van der Waals surface area (Å²) in [5.41, 5.74) is 1.71. The standard InChI is InChI=1S/C29H34F3N7O5/c1-2-42-28(41)39-15-3-4-17-43-23-12-6-20(7-13-23)18-34-25-36-26(38-27(37-25)44-19-29(30,31)32)35-22-10-8-21(9-11-22)24(40)33-14-5-16-39/h6-13H,2-5,14-19H2,1H3,(H,33,40)(H2,34,35,36,37,38). The van der Waals surface area contributed by atoms with E-state index >= 15 is 0 Å². The highest BCUT2D eigenvalue weighted by Gasteiger charge is 2.29. The van der Waals surface area contributed by atoms with Gasteiger partial charge in [0.15, 0.2) is 6.61 Å². The van der Waals surface area contributed by atoms with E-state index < -0.39 is 24.9 Å². The molecule has 4 heterocycles. The summed E-state index contributed by atoms with van der Waals surface area (Å²) >= 11 is 0. The molecule has 2 amide bonds. The molecule has 0 radical (unpaired) electrons. The van der Waals surface area contributed by atoms with Crippen LogP contribution in [-0.4, -0.2) is 77.5 Å². The van der Waals surface area contributed by atoms with Crippen LogP contribution in [0.1, 0.15) is 42.1 Å². The van der Waals surface area contributed by atoms with Crippen molar-refractivity contribution >= 4 is 29.6 Å². The van der Waals surface area contributed by atoms with E-state index in [-0.39, 0.29) is 31.0 Å². The lowest BCUT2D eigenvalue weighted by molar-refractivity contribution is -0.154. The number of hydrogen-bond acceptors (Lipinski definition) is 10. The van der Waals surface area contributed by atoms with Crippen molar-refractivity contribution in [3.63, 3.8) is 0 Å². The van der Waals surface area contributed by atoms with Crippen LogP contribution in [0.2, 0.25) is 0 Å². The van der Waals surface area contributed by atoms with Crippen molar-refractivity contribution in [2.75, 3.05) is 50.1 Å². The maximum absolute atomic E-state index is 12.8. The van der Waals surface area contributed by atoms with Gasteiger partial charge in [-0.05, 0) is 68.1 Å². The summed E-state index contributed by atoms with van der Waals surface area (Å²) in [5.74, 6) is 0.302. The minimum Gasteiger partial charge on any atom is -0.494 e. The zero-order chi connectivity index (χ0) is 31.4. The van der Waals surface area contributed by atoms with Crippen LogP contribution in [0.3, 0.4) is 0 Å². The van der Waals surface area contributed by atoms with Gasteiger partial charge in [0.1, 0.15) is 5.75 Å². The third-order valence-electron chi connectivity index (χ3n) is 6.26. The molecule has 0 saturated carbocycles. The fourth-order valence-corrected chi connectivity index (χ4v) is 4.10. The van der Waals surface area contributed by atoms with Crippen LogP contribution in [0.25, 0.3) is 0 Å². The summed E-state index contributed by atoms with van der Waals surface area (Å²) in [4.78, 5) is 38.9. The zero-order valence-corrected chi connectivity index (χ0v) is 24.2. The lowest BCUT2D eigenvalue weighted by Crippen LogP contribution is -2.35. The van der Waals surface area contributed by atoms with E-state index in [1.807, 2.05) is 12.1 Å². The first-order chi connectivity index (χ1) is 21.2. The molecule has 236 valence electrons. The molecular weight excluding hydrogens is 583 g/mol. The molecule has 0 saturated heterocycles. The second-order valence-electron chi connectivity index (χ2n) is 9.72. The van der Waals surface area contributed by atoms with Crippen molar-refractivity contribution in [1.29, 1.82) is 0 Å². The zero-order valence-electron chi connectivity index (χ0n) is 24.2. The Bertz CT molecular complexity index is 1380. The average Bonchev–Trinajstić information content (AvgIpc) is 3.00. The van der Waals surface area contributed by atoms with Gasteiger partial charge >= 0.3 is 18.3 Å². The molecule has 44 heavy (non-hydrogen) atoms. The Balaban J connectivity index is 1.52. The normalized spacial score (nSPS) is 15.1. The molecule has 2 aromatic carbocycles. The van der Waals surface area contributed by atoms with E-state index in [4.69, 9.17) is 14.2 Å². The number of anilines is 3. The summed E-state index contributed by atoms with van der Waals surface area (Å²) in [7, 11) is 0. The van der Waals surface area contributed by atoms with Crippen LogP contribution in [0.5, 0.6) is 11.8 Å². The second kappa shape index (κ2) is 15.6. The van der Waals surface area contributed by atoms with Crippen molar-refractivity contribution < 1.29 is 37.0 Å². The molecule has 0 unspecified atom stereocenters. The Morgan fingerprint density at radius 2 is 1.68 bits per heavy atom. The van der Waals surface area contributed by atoms with Crippen molar-refractivity contribution in [2.45, 2.75) is 38.9 Å². The van der Waals surface area contributed by atoms with Crippen LogP contribution in [0.4, 0.5) is 35.5 Å². The van der Waals surface area contributed by atoms with Gasteiger partial charge in [0, 0.05) is 37.4 Å². The highest BCUT2D eigenvalue weighted by Crippen LogP contribution is 2.21. The Hall–Kier alpha value is -4.82. The second-order valence-corrected chi connectivity index (χ2v) is 9.72. The number of carbonyl (C=O) groups excluding carboxylic acids is 2. The minimum absolute atomic E-state index is 0.00150. The maximum Gasteiger partial charge on any atom is 0.422 e. The highest BCUT2D eigenvalue weighted by molar-refractivity contribution is 5.94. The predicted molar refractivity (Wildman–Crippen MR) is 155 cm³/mol. The number of hydrogen-bond donors (Lipinski definition) is 3. The number of amides is 2. The third-order valence-corrected chi connectivity index (χ3v) is 6.26. The van der Waals surface area contributed by atoms with E-state index in [0.717, 1.165) is 5.56 Å². The fraction of sp³-hybridized carbons (Fsp3) is 0.414. The van der Waals surface area contributed by atoms with Gasteiger partial charge in [-0.3, -0.25) is 4.79 Å². The van der Waals surface area contributed by atoms with Gasteiger partial charge in [0.25, 0.3) is 5.91 Å². The molecule has 1 aromatic heterocycles. The van der Waals surface area contributed by atoms with Gasteiger partial charge < -0.3 is 35.1 Å². The number of alkyl halides is 3. The van der Waals surface area contributed by atoms with Crippen LogP contribution in [0, 0.1) is 0 Å². The van der Waals surface area contributed by atoms with Gasteiger partial charge in [-0.1, -0.05) is 12.1 Å². The average molecular weight is 618 g/mol. The maximum atomic E-state index is 12.8. The molecule has 0 atom stereocenters. The molecule has 0 fully saturated rings. The quantitative estimate of drug-likeness (QED) is 0.371. The summed E-state index contributed by atoms with van der Waals surface area (Å²) in [6.45, 7) is 2.42. The van der Waals surface area contributed by atoms with Gasteiger partial charge in [-0.2, -0.15) is 28.1 Å². The van der Waals surface area contributed by atoms with Crippen LogP contribution < -0.4 is 25.4 Å². The lowest BCUT2D eigenvalue weighted by atomic mass is 10.2. The number of carbonyl (C=O) groups is 2. The number of rotatable bonds is 3. The smallest absolute Gasteiger partial charge is 0.422 e. The van der Waals surface area contributed by atoms with Crippen molar-refractivity contribution in [3.05, 3.63) is 59.7 Å². The number of aromatic nitrogens is 3. The van der Waals surface area contributed by atoms with E-state index in [1.165, 1.54) is 0 Å². The monoisotopic (exact) mass is 617 g/mol. The van der Waals surface area contributed by atoms with Crippen molar-refractivity contribution in [1.82, 2.24) is 25.2 Å². The molecule has 0 spiro atoms. The lowest BCUT2D eigenvalue weighted by Gasteiger charge is -2.22. The Kier molecular flexibility index (Phi) is 11.4. The van der Waals surface area contributed by atoms with E-state index in [9.17, 15) is 22.8 Å². The molecule has 0 aliphatic carbocycles. The minimum atomic E-state index is -4.58. The summed E-state index contributed by atoms with van der Waals surface area (Å²) in [6.07, 6.45) is -3.03. The van der Waals surface area contributed by atoms with Crippen LogP contribution in [-0.2, 0) is 11.3 Å². The number of ether oxygens (including phenoxy) is 3. The summed E-state index contributed by atoms with van der Waals surface area (Å²) in [6, 6.07) is 13.1. The van der Waals surface area contributed by atoms with Gasteiger partial charge in [-0.15, -0.1) is 0 Å². The largest absolute Gasteiger partial charge is 0.494 e. The van der Waals surface area contributed by atoms with Crippen LogP contribution in [0.15, 0.2) is 48.5 Å². The molecule has 3 aromatic rings. The molecule has 15 heteroatoms. The van der Waals surface area contributed by atoms with E-state index in [2.05, 4.69) is 30.9 Å². The first-order valence-corrected chi connectivity index (χ1v) is 14.2. The molecular formula is C29H34F3N7O5. The van der Waals surface area contributed by atoms with Gasteiger partial charge in [0.05, 0.1) is 13.2 Å². The molecule has 3 N–H and O–H groups in total. The molecule has 3 aliphatic heterocycles. The Morgan fingerprint density at radius 3 is 2.41 bits per heavy atom. The number of nitrogens with one attached hydrogen (secondary N) is 3. The molecule has 6 rings (SSSR count). The number of halogens is 3.